The molecule has 1 N–H and O–H groups in total. The van der Waals surface area contributed by atoms with Crippen molar-refractivity contribution >= 4 is 23.6 Å². The third-order valence-electron chi connectivity index (χ3n) is 4.13. The van der Waals surface area contributed by atoms with Gasteiger partial charge < -0.3 is 4.98 Å². The molecule has 0 spiro atoms. The fourth-order valence-corrected chi connectivity index (χ4v) is 4.22. The van der Waals surface area contributed by atoms with E-state index in [-0.39, 0.29) is 0 Å². The van der Waals surface area contributed by atoms with Gasteiger partial charge >= 0.3 is 0 Å². The summed E-state index contributed by atoms with van der Waals surface area (Å²) >= 11 is 7.11. The van der Waals surface area contributed by atoms with Gasteiger partial charge in [0.1, 0.15) is 10.7 Å². The standard InChI is InChI=1S/C18H12N2S2/c19-10-14-16(15-6-3-9-22-15)13-8-7-11-4-1-2-5-12(11)17(13)20-18(14)21/h1-6,9H,7-8H2,(H,20,21). The number of aromatic nitrogens is 1. The van der Waals surface area contributed by atoms with Crippen LogP contribution in [0.25, 0.3) is 21.7 Å². The van der Waals surface area contributed by atoms with Crippen LogP contribution in [-0.4, -0.2) is 4.98 Å². The summed E-state index contributed by atoms with van der Waals surface area (Å²) in [4.78, 5) is 4.42. The Labute approximate surface area is 137 Å². The van der Waals surface area contributed by atoms with Crippen LogP contribution in [0.3, 0.4) is 0 Å². The monoisotopic (exact) mass is 320 g/mol. The van der Waals surface area contributed by atoms with E-state index in [1.165, 1.54) is 16.7 Å². The van der Waals surface area contributed by atoms with Crippen molar-refractivity contribution in [2.24, 2.45) is 0 Å². The van der Waals surface area contributed by atoms with Crippen molar-refractivity contribution in [3.8, 4) is 27.8 Å². The molecule has 0 unspecified atom stereocenters. The number of benzene rings is 1. The molecule has 0 aliphatic heterocycles. The summed E-state index contributed by atoms with van der Waals surface area (Å²) < 4.78 is 0.529. The van der Waals surface area contributed by atoms with Crippen LogP contribution in [-0.2, 0) is 12.8 Å². The third kappa shape index (κ3) is 1.94. The topological polar surface area (TPSA) is 39.6 Å². The van der Waals surface area contributed by atoms with E-state index < -0.39 is 0 Å². The first kappa shape index (κ1) is 13.4. The Morgan fingerprint density at radius 1 is 1.14 bits per heavy atom. The number of H-pyrrole nitrogens is 1. The first-order valence-electron chi connectivity index (χ1n) is 7.11. The van der Waals surface area contributed by atoms with E-state index in [9.17, 15) is 5.26 Å². The smallest absolute Gasteiger partial charge is 0.122 e. The fraction of sp³-hybridized carbons (Fsp3) is 0.111. The zero-order valence-corrected chi connectivity index (χ0v) is 13.4. The van der Waals surface area contributed by atoms with Crippen molar-refractivity contribution in [2.75, 3.05) is 0 Å². The van der Waals surface area contributed by atoms with E-state index in [0.717, 1.165) is 29.0 Å². The molecule has 1 aliphatic carbocycles. The summed E-state index contributed by atoms with van der Waals surface area (Å²) in [5.74, 6) is 0. The van der Waals surface area contributed by atoms with Crippen molar-refractivity contribution < 1.29 is 0 Å². The number of nitrogens with one attached hydrogen (secondary N) is 1. The number of aromatic amines is 1. The van der Waals surface area contributed by atoms with Crippen LogP contribution in [0.2, 0.25) is 0 Å². The lowest BCUT2D eigenvalue weighted by molar-refractivity contribution is 0.927. The number of pyridine rings is 1. The van der Waals surface area contributed by atoms with Crippen molar-refractivity contribution in [1.82, 2.24) is 4.98 Å². The second kappa shape index (κ2) is 5.20. The first-order chi connectivity index (χ1) is 10.8. The maximum atomic E-state index is 9.56. The van der Waals surface area contributed by atoms with Gasteiger partial charge in [0.05, 0.1) is 11.3 Å². The van der Waals surface area contributed by atoms with E-state index in [2.05, 4.69) is 35.3 Å². The molecule has 0 atom stereocenters. The molecule has 0 saturated carbocycles. The number of thiophene rings is 1. The van der Waals surface area contributed by atoms with Crippen molar-refractivity contribution in [1.29, 1.82) is 5.26 Å². The van der Waals surface area contributed by atoms with Crippen LogP contribution in [0, 0.1) is 16.0 Å². The molecule has 0 amide bonds. The van der Waals surface area contributed by atoms with Gasteiger partial charge in [0, 0.05) is 16.0 Å². The Kier molecular flexibility index (Phi) is 3.18. The Hall–Kier alpha value is -2.22. The number of hydrogen-bond donors (Lipinski definition) is 1. The van der Waals surface area contributed by atoms with Gasteiger partial charge in [0.2, 0.25) is 0 Å². The Bertz CT molecular complexity index is 960. The minimum absolute atomic E-state index is 0.529. The van der Waals surface area contributed by atoms with Crippen LogP contribution < -0.4 is 0 Å². The summed E-state index contributed by atoms with van der Waals surface area (Å²) in [6.07, 6.45) is 1.93. The van der Waals surface area contributed by atoms with Crippen molar-refractivity contribution in [3.63, 3.8) is 0 Å². The fourth-order valence-electron chi connectivity index (χ4n) is 3.16. The molecule has 0 bridgehead atoms. The number of hydrogen-bond acceptors (Lipinski definition) is 3. The largest absolute Gasteiger partial charge is 0.345 e. The molecule has 1 aromatic carbocycles. The highest BCUT2D eigenvalue weighted by Crippen LogP contribution is 2.40. The Balaban J connectivity index is 2.11. The molecule has 2 heterocycles. The van der Waals surface area contributed by atoms with Crippen LogP contribution in [0.5, 0.6) is 0 Å². The molecule has 0 saturated heterocycles. The lowest BCUT2D eigenvalue weighted by Gasteiger charge is -2.22. The quantitative estimate of drug-likeness (QED) is 0.633. The van der Waals surface area contributed by atoms with Gasteiger partial charge in [-0.25, -0.2) is 0 Å². The molecular formula is C18H12N2S2. The molecule has 4 heteroatoms. The average molecular weight is 320 g/mol. The molecule has 3 aromatic rings. The number of rotatable bonds is 1. The number of nitriles is 1. The summed E-state index contributed by atoms with van der Waals surface area (Å²) in [5, 5.41) is 11.6. The second-order valence-corrected chi connectivity index (χ2v) is 6.66. The highest BCUT2D eigenvalue weighted by atomic mass is 32.1. The number of fused-ring (bicyclic) bond motifs is 3. The Morgan fingerprint density at radius 3 is 2.77 bits per heavy atom. The number of aryl methyl sites for hydroxylation is 1. The second-order valence-electron chi connectivity index (χ2n) is 5.30. The molecule has 22 heavy (non-hydrogen) atoms. The zero-order chi connectivity index (χ0) is 15.1. The molecule has 0 fully saturated rings. The SMILES string of the molecule is N#Cc1c(-c2cccs2)c2c([nH]c1=S)-c1ccccc1CC2. The van der Waals surface area contributed by atoms with Gasteiger partial charge in [-0.3, -0.25) is 0 Å². The molecule has 2 aromatic heterocycles. The zero-order valence-electron chi connectivity index (χ0n) is 11.7. The van der Waals surface area contributed by atoms with Gasteiger partial charge in [-0.15, -0.1) is 11.3 Å². The van der Waals surface area contributed by atoms with Gasteiger partial charge in [-0.2, -0.15) is 5.26 Å². The highest BCUT2D eigenvalue weighted by molar-refractivity contribution is 7.71. The van der Waals surface area contributed by atoms with E-state index in [4.69, 9.17) is 12.2 Å². The van der Waals surface area contributed by atoms with Crippen LogP contribution in [0.4, 0.5) is 0 Å². The Morgan fingerprint density at radius 2 is 2.00 bits per heavy atom. The molecule has 0 radical (unpaired) electrons. The lowest BCUT2D eigenvalue weighted by atomic mass is 9.85. The molecule has 4 rings (SSSR count). The summed E-state index contributed by atoms with van der Waals surface area (Å²) in [7, 11) is 0. The van der Waals surface area contributed by atoms with E-state index in [1.54, 1.807) is 11.3 Å². The van der Waals surface area contributed by atoms with Gasteiger partial charge in [-0.05, 0) is 35.4 Å². The minimum Gasteiger partial charge on any atom is -0.345 e. The predicted octanol–water partition coefficient (Wildman–Crippen LogP) is 5.11. The average Bonchev–Trinajstić information content (AvgIpc) is 3.07. The molecular weight excluding hydrogens is 308 g/mol. The third-order valence-corrected chi connectivity index (χ3v) is 5.32. The molecule has 2 nitrogen and oxygen atoms in total. The summed E-state index contributed by atoms with van der Waals surface area (Å²) in [6, 6.07) is 14.8. The summed E-state index contributed by atoms with van der Waals surface area (Å²) in [5.41, 5.74) is 6.45. The molecule has 1 aliphatic rings. The normalized spacial score (nSPS) is 12.3. The number of nitrogens with zero attached hydrogens (tertiary/aromatic N) is 1. The predicted molar refractivity (Wildman–Crippen MR) is 92.5 cm³/mol. The maximum Gasteiger partial charge on any atom is 0.122 e. The van der Waals surface area contributed by atoms with Crippen LogP contribution in [0.1, 0.15) is 16.7 Å². The summed E-state index contributed by atoms with van der Waals surface area (Å²) in [6.45, 7) is 0. The molecule has 106 valence electrons. The maximum absolute atomic E-state index is 9.56. The highest BCUT2D eigenvalue weighted by Gasteiger charge is 2.23. The van der Waals surface area contributed by atoms with E-state index in [0.29, 0.717) is 10.2 Å². The lowest BCUT2D eigenvalue weighted by Crippen LogP contribution is -2.09. The van der Waals surface area contributed by atoms with Crippen molar-refractivity contribution in [2.45, 2.75) is 12.8 Å². The minimum atomic E-state index is 0.529. The van der Waals surface area contributed by atoms with E-state index >= 15 is 0 Å². The van der Waals surface area contributed by atoms with E-state index in [1.807, 2.05) is 17.5 Å². The first-order valence-corrected chi connectivity index (χ1v) is 8.40. The van der Waals surface area contributed by atoms with Crippen LogP contribution in [0.15, 0.2) is 41.8 Å². The van der Waals surface area contributed by atoms with Crippen molar-refractivity contribution in [3.05, 3.63) is 63.1 Å². The van der Waals surface area contributed by atoms with Crippen LogP contribution >= 0.6 is 23.6 Å². The van der Waals surface area contributed by atoms with Gasteiger partial charge in [0.15, 0.2) is 0 Å². The van der Waals surface area contributed by atoms with Gasteiger partial charge in [0.25, 0.3) is 0 Å². The van der Waals surface area contributed by atoms with Gasteiger partial charge in [-0.1, -0.05) is 42.5 Å².